The second kappa shape index (κ2) is 8.98. The molecule has 1 fully saturated rings. The van der Waals surface area contributed by atoms with Crippen molar-refractivity contribution in [2.24, 2.45) is 0 Å². The first-order valence-corrected chi connectivity index (χ1v) is 10.1. The molecule has 0 saturated carbocycles. The van der Waals surface area contributed by atoms with Crippen LogP contribution in [0.15, 0.2) is 45.8 Å². The van der Waals surface area contributed by atoms with Crippen LogP contribution in [0.1, 0.15) is 11.1 Å². The third kappa shape index (κ3) is 4.98. The lowest BCUT2D eigenvalue weighted by molar-refractivity contribution is -0.139. The van der Waals surface area contributed by atoms with Gasteiger partial charge in [0.2, 0.25) is 0 Å². The van der Waals surface area contributed by atoms with Gasteiger partial charge >= 0.3 is 5.97 Å². The van der Waals surface area contributed by atoms with Crippen molar-refractivity contribution in [1.82, 2.24) is 4.90 Å². The summed E-state index contributed by atoms with van der Waals surface area (Å²) in [5, 5.41) is 8.35. The molecule has 2 aromatic rings. The van der Waals surface area contributed by atoms with Crippen molar-refractivity contribution in [3.8, 4) is 5.75 Å². The molecule has 150 valence electrons. The summed E-state index contributed by atoms with van der Waals surface area (Å²) in [5.74, 6) is -2.14. The third-order valence-electron chi connectivity index (χ3n) is 3.86. The highest BCUT2D eigenvalue weighted by Gasteiger charge is 2.36. The van der Waals surface area contributed by atoms with E-state index >= 15 is 0 Å². The van der Waals surface area contributed by atoms with E-state index in [1.165, 1.54) is 24.3 Å². The molecular weight excluding hydrogens is 489 g/mol. The molecule has 0 atom stereocenters. The average molecular weight is 501 g/mol. The smallest absolute Gasteiger partial charge is 0.341 e. The van der Waals surface area contributed by atoms with E-state index in [-0.39, 0.29) is 27.8 Å². The number of aliphatic carboxylic acids is 1. The van der Waals surface area contributed by atoms with E-state index < -0.39 is 29.5 Å². The van der Waals surface area contributed by atoms with E-state index in [0.29, 0.717) is 21.8 Å². The average Bonchev–Trinajstić information content (AvgIpc) is 2.91. The SMILES string of the molecule is O=C(O)COc1ccc(Br)cc1/C=C1\SC(=O)N(Cc2c(F)cccc2Cl)C1=O. The zero-order valence-corrected chi connectivity index (χ0v) is 17.7. The fraction of sp³-hybridized carbons (Fsp3) is 0.105. The predicted octanol–water partition coefficient (Wildman–Crippen LogP) is 4.94. The number of ether oxygens (including phenoxy) is 1. The molecule has 0 unspecified atom stereocenters. The molecule has 1 N–H and O–H groups in total. The summed E-state index contributed by atoms with van der Waals surface area (Å²) in [6.07, 6.45) is 1.43. The lowest BCUT2D eigenvalue weighted by Gasteiger charge is -2.14. The molecule has 1 aliphatic rings. The van der Waals surface area contributed by atoms with Gasteiger partial charge in [-0.3, -0.25) is 14.5 Å². The summed E-state index contributed by atoms with van der Waals surface area (Å²) < 4.78 is 19.9. The Labute approximate surface area is 182 Å². The molecule has 29 heavy (non-hydrogen) atoms. The van der Waals surface area contributed by atoms with E-state index in [1.54, 1.807) is 18.2 Å². The minimum Gasteiger partial charge on any atom is -0.481 e. The summed E-state index contributed by atoms with van der Waals surface area (Å²) in [5.41, 5.74) is 0.459. The van der Waals surface area contributed by atoms with Crippen LogP contribution in [0.3, 0.4) is 0 Å². The minimum absolute atomic E-state index is 0.0469. The van der Waals surface area contributed by atoms with Crippen LogP contribution in [0.2, 0.25) is 5.02 Å². The Kier molecular flexibility index (Phi) is 6.61. The standard InChI is InChI=1S/C19H12BrClFNO5S/c20-11-4-5-15(28-9-17(24)25)10(6-11)7-16-18(26)23(19(27)29-16)8-12-13(21)2-1-3-14(12)22/h1-7H,8-9H2,(H,24,25)/b16-7-. The summed E-state index contributed by atoms with van der Waals surface area (Å²) >= 11 is 9.98. The largest absolute Gasteiger partial charge is 0.481 e. The second-order valence-electron chi connectivity index (χ2n) is 5.83. The van der Waals surface area contributed by atoms with Crippen LogP contribution in [0.5, 0.6) is 5.75 Å². The molecule has 10 heteroatoms. The number of carboxylic acids is 1. The fourth-order valence-corrected chi connectivity index (χ4v) is 3.95. The summed E-state index contributed by atoms with van der Waals surface area (Å²) in [7, 11) is 0. The summed E-state index contributed by atoms with van der Waals surface area (Å²) in [6.45, 7) is -0.857. The third-order valence-corrected chi connectivity index (χ3v) is 5.62. The Morgan fingerprint density at radius 1 is 1.31 bits per heavy atom. The molecule has 1 aliphatic heterocycles. The topological polar surface area (TPSA) is 83.9 Å². The summed E-state index contributed by atoms with van der Waals surface area (Å²) in [6, 6.07) is 8.93. The molecule has 0 bridgehead atoms. The van der Waals surface area contributed by atoms with E-state index in [2.05, 4.69) is 15.9 Å². The highest BCUT2D eigenvalue weighted by atomic mass is 79.9. The Bertz CT molecular complexity index is 1030. The number of hydrogen-bond acceptors (Lipinski definition) is 5. The van der Waals surface area contributed by atoms with Gasteiger partial charge in [-0.2, -0.15) is 0 Å². The quantitative estimate of drug-likeness (QED) is 0.566. The lowest BCUT2D eigenvalue weighted by atomic mass is 10.1. The first-order chi connectivity index (χ1) is 13.8. The Hall–Kier alpha value is -2.36. The molecule has 0 spiro atoms. The van der Waals surface area contributed by atoms with Gasteiger partial charge in [0.1, 0.15) is 11.6 Å². The maximum atomic E-state index is 14.0. The number of benzene rings is 2. The highest BCUT2D eigenvalue weighted by Crippen LogP contribution is 2.36. The predicted molar refractivity (Wildman–Crippen MR) is 110 cm³/mol. The Morgan fingerprint density at radius 2 is 2.07 bits per heavy atom. The maximum Gasteiger partial charge on any atom is 0.341 e. The monoisotopic (exact) mass is 499 g/mol. The normalized spacial score (nSPS) is 15.3. The van der Waals surface area contributed by atoms with Gasteiger partial charge in [0.15, 0.2) is 6.61 Å². The van der Waals surface area contributed by atoms with Crippen LogP contribution >= 0.6 is 39.3 Å². The molecule has 6 nitrogen and oxygen atoms in total. The van der Waals surface area contributed by atoms with Crippen LogP contribution in [0, 0.1) is 5.82 Å². The molecule has 2 aromatic carbocycles. The van der Waals surface area contributed by atoms with Crippen LogP contribution in [-0.4, -0.2) is 33.7 Å². The van der Waals surface area contributed by atoms with Gasteiger partial charge in [0, 0.05) is 20.6 Å². The van der Waals surface area contributed by atoms with Crippen molar-refractivity contribution in [2.75, 3.05) is 6.61 Å². The molecule has 0 aliphatic carbocycles. The van der Waals surface area contributed by atoms with Crippen molar-refractivity contribution >= 4 is 62.5 Å². The molecule has 0 radical (unpaired) electrons. The first kappa shape index (κ1) is 21.4. The molecule has 1 heterocycles. The summed E-state index contributed by atoms with van der Waals surface area (Å²) in [4.78, 5) is 36.8. The zero-order valence-electron chi connectivity index (χ0n) is 14.5. The van der Waals surface area contributed by atoms with Gasteiger partial charge in [0.25, 0.3) is 11.1 Å². The van der Waals surface area contributed by atoms with Gasteiger partial charge in [-0.15, -0.1) is 0 Å². The van der Waals surface area contributed by atoms with Crippen LogP contribution in [0.25, 0.3) is 6.08 Å². The lowest BCUT2D eigenvalue weighted by Crippen LogP contribution is -2.28. The number of carboxylic acid groups (broad SMARTS) is 1. The van der Waals surface area contributed by atoms with E-state index in [9.17, 15) is 18.8 Å². The van der Waals surface area contributed by atoms with E-state index in [4.69, 9.17) is 21.4 Å². The maximum absolute atomic E-state index is 14.0. The Balaban J connectivity index is 1.89. The molecule has 0 aromatic heterocycles. The van der Waals surface area contributed by atoms with Gasteiger partial charge in [0.05, 0.1) is 11.4 Å². The van der Waals surface area contributed by atoms with E-state index in [1.807, 2.05) is 0 Å². The minimum atomic E-state index is -1.15. The zero-order chi connectivity index (χ0) is 21.1. The van der Waals surface area contributed by atoms with Crippen molar-refractivity contribution in [3.63, 3.8) is 0 Å². The number of imide groups is 1. The van der Waals surface area contributed by atoms with Crippen LogP contribution < -0.4 is 4.74 Å². The first-order valence-electron chi connectivity index (χ1n) is 8.08. The van der Waals surface area contributed by atoms with Crippen LogP contribution in [0.4, 0.5) is 9.18 Å². The highest BCUT2D eigenvalue weighted by molar-refractivity contribution is 9.10. The number of carbonyl (C=O) groups is 3. The number of hydrogen-bond donors (Lipinski definition) is 1. The number of carbonyl (C=O) groups excluding carboxylic acids is 2. The van der Waals surface area contributed by atoms with E-state index in [0.717, 1.165) is 4.90 Å². The number of thioether (sulfide) groups is 1. The van der Waals surface area contributed by atoms with Gasteiger partial charge in [-0.25, -0.2) is 9.18 Å². The van der Waals surface area contributed by atoms with Crippen molar-refractivity contribution < 1.29 is 28.6 Å². The Morgan fingerprint density at radius 3 is 2.76 bits per heavy atom. The van der Waals surface area contributed by atoms with Crippen molar-refractivity contribution in [2.45, 2.75) is 6.54 Å². The van der Waals surface area contributed by atoms with Crippen LogP contribution in [-0.2, 0) is 16.1 Å². The van der Waals surface area contributed by atoms with Gasteiger partial charge in [-0.05, 0) is 48.2 Å². The van der Waals surface area contributed by atoms with Crippen molar-refractivity contribution in [3.05, 3.63) is 67.7 Å². The fourth-order valence-electron chi connectivity index (χ4n) is 2.52. The number of amides is 2. The molecular formula is C19H12BrClFNO5S. The van der Waals surface area contributed by atoms with Crippen molar-refractivity contribution in [1.29, 1.82) is 0 Å². The molecule has 3 rings (SSSR count). The van der Waals surface area contributed by atoms with Gasteiger partial charge in [-0.1, -0.05) is 33.6 Å². The number of halogens is 3. The molecule has 1 saturated heterocycles. The molecule has 2 amide bonds. The second-order valence-corrected chi connectivity index (χ2v) is 8.15. The number of nitrogens with zero attached hydrogens (tertiary/aromatic N) is 1. The number of rotatable bonds is 6. The van der Waals surface area contributed by atoms with Gasteiger partial charge < -0.3 is 9.84 Å².